The molecule has 2 aromatic heterocycles. The van der Waals surface area contributed by atoms with Gasteiger partial charge in [-0.25, -0.2) is 9.78 Å². The number of carbonyl (C=O) groups excluding carboxylic acids is 1. The van der Waals surface area contributed by atoms with E-state index in [0.29, 0.717) is 18.7 Å². The first-order valence-corrected chi connectivity index (χ1v) is 9.61. The van der Waals surface area contributed by atoms with Crippen LogP contribution in [0.1, 0.15) is 38.7 Å². The third kappa shape index (κ3) is 3.68. The van der Waals surface area contributed by atoms with E-state index in [2.05, 4.69) is 15.3 Å². The van der Waals surface area contributed by atoms with Crippen molar-refractivity contribution in [1.82, 2.24) is 24.9 Å². The highest BCUT2D eigenvalue weighted by atomic mass is 32.1. The van der Waals surface area contributed by atoms with Crippen LogP contribution in [0.15, 0.2) is 24.4 Å². The van der Waals surface area contributed by atoms with Crippen molar-refractivity contribution in [2.45, 2.75) is 26.3 Å². The monoisotopic (exact) mass is 385 g/mol. The van der Waals surface area contributed by atoms with Crippen molar-refractivity contribution in [2.75, 3.05) is 13.1 Å². The Morgan fingerprint density at radius 2 is 2.22 bits per heavy atom. The number of aryl methyl sites for hydroxylation is 1. The van der Waals surface area contributed by atoms with Gasteiger partial charge >= 0.3 is 5.97 Å². The number of fused-ring (bicyclic) bond motifs is 1. The number of benzene rings is 1. The summed E-state index contributed by atoms with van der Waals surface area (Å²) in [5, 5.41) is 17.5. The molecule has 1 saturated heterocycles. The number of amides is 1. The predicted molar refractivity (Wildman–Crippen MR) is 100.0 cm³/mol. The van der Waals surface area contributed by atoms with E-state index in [0.717, 1.165) is 34.6 Å². The zero-order valence-electron chi connectivity index (χ0n) is 14.8. The SMILES string of the molecule is Cc1nc2ccc(C(=O)N3CCC[C@H](Cn4cc(C(=O)O)nn4)C3)cc2s1. The van der Waals surface area contributed by atoms with Crippen LogP contribution in [0.4, 0.5) is 0 Å². The number of carbonyl (C=O) groups is 2. The number of rotatable bonds is 4. The van der Waals surface area contributed by atoms with Crippen LogP contribution in [0.2, 0.25) is 0 Å². The van der Waals surface area contributed by atoms with Gasteiger partial charge in [0.05, 0.1) is 21.4 Å². The molecule has 1 N–H and O–H groups in total. The molecule has 0 spiro atoms. The molecule has 0 bridgehead atoms. The molecule has 3 aromatic rings. The van der Waals surface area contributed by atoms with E-state index < -0.39 is 5.97 Å². The van der Waals surface area contributed by atoms with Crippen molar-refractivity contribution in [1.29, 1.82) is 0 Å². The number of aromatic carboxylic acids is 1. The molecule has 0 aliphatic carbocycles. The van der Waals surface area contributed by atoms with Crippen LogP contribution in [-0.4, -0.2) is 55.0 Å². The van der Waals surface area contributed by atoms with Gasteiger partial charge in [-0.2, -0.15) is 0 Å². The van der Waals surface area contributed by atoms with E-state index >= 15 is 0 Å². The highest BCUT2D eigenvalue weighted by Crippen LogP contribution is 2.25. The maximum atomic E-state index is 12.9. The zero-order valence-corrected chi connectivity index (χ0v) is 15.6. The lowest BCUT2D eigenvalue weighted by atomic mass is 9.97. The topological polar surface area (TPSA) is 101 Å². The molecule has 1 amide bonds. The Hall–Kier alpha value is -2.81. The second-order valence-corrected chi connectivity index (χ2v) is 8.04. The zero-order chi connectivity index (χ0) is 19.0. The third-order valence-corrected chi connectivity index (χ3v) is 5.69. The van der Waals surface area contributed by atoms with Gasteiger partial charge in [-0.15, -0.1) is 16.4 Å². The molecular weight excluding hydrogens is 366 g/mol. The van der Waals surface area contributed by atoms with Gasteiger partial charge in [0.1, 0.15) is 0 Å². The summed E-state index contributed by atoms with van der Waals surface area (Å²) in [5.41, 5.74) is 1.54. The first-order valence-electron chi connectivity index (χ1n) is 8.79. The van der Waals surface area contributed by atoms with Crippen LogP contribution >= 0.6 is 11.3 Å². The smallest absolute Gasteiger partial charge is 0.358 e. The molecule has 1 atom stereocenters. The molecular formula is C18H19N5O3S. The van der Waals surface area contributed by atoms with Crippen molar-refractivity contribution in [3.8, 4) is 0 Å². The van der Waals surface area contributed by atoms with E-state index in [1.54, 1.807) is 16.0 Å². The van der Waals surface area contributed by atoms with Gasteiger partial charge < -0.3 is 10.0 Å². The number of likely N-dealkylation sites (tertiary alicyclic amines) is 1. The normalized spacial score (nSPS) is 17.4. The van der Waals surface area contributed by atoms with E-state index in [4.69, 9.17) is 5.11 Å². The summed E-state index contributed by atoms with van der Waals surface area (Å²) in [6.45, 7) is 3.87. The molecule has 0 radical (unpaired) electrons. The summed E-state index contributed by atoms with van der Waals surface area (Å²) in [6.07, 6.45) is 3.32. The third-order valence-electron chi connectivity index (χ3n) is 4.75. The Morgan fingerprint density at radius 3 is 3.00 bits per heavy atom. The highest BCUT2D eigenvalue weighted by Gasteiger charge is 2.25. The second-order valence-electron chi connectivity index (χ2n) is 6.81. The van der Waals surface area contributed by atoms with Crippen LogP contribution < -0.4 is 0 Å². The van der Waals surface area contributed by atoms with Gasteiger partial charge in [0.15, 0.2) is 5.69 Å². The van der Waals surface area contributed by atoms with Crippen molar-refractivity contribution in [3.63, 3.8) is 0 Å². The second kappa shape index (κ2) is 7.07. The fraction of sp³-hybridized carbons (Fsp3) is 0.389. The molecule has 4 rings (SSSR count). The Balaban J connectivity index is 1.46. The van der Waals surface area contributed by atoms with Crippen molar-refractivity contribution in [2.24, 2.45) is 5.92 Å². The maximum absolute atomic E-state index is 12.9. The standard InChI is InChI=1S/C18H19N5O3S/c1-11-19-14-5-4-13(7-16(14)27-11)17(24)22-6-2-3-12(8-22)9-23-10-15(18(25)26)20-21-23/h4-5,7,10,12H,2-3,6,8-9H2,1H3,(H,25,26)/t12-/m0/s1. The number of thiazole rings is 1. The first kappa shape index (κ1) is 17.6. The van der Waals surface area contributed by atoms with Gasteiger partial charge in [0, 0.05) is 25.2 Å². The average Bonchev–Trinajstić information content (AvgIpc) is 3.26. The fourth-order valence-corrected chi connectivity index (χ4v) is 4.37. The molecule has 8 nitrogen and oxygen atoms in total. The number of hydrogen-bond acceptors (Lipinski definition) is 6. The van der Waals surface area contributed by atoms with Crippen molar-refractivity contribution >= 4 is 33.4 Å². The van der Waals surface area contributed by atoms with Crippen LogP contribution in [0.25, 0.3) is 10.2 Å². The molecule has 0 unspecified atom stereocenters. The lowest BCUT2D eigenvalue weighted by Gasteiger charge is -2.32. The number of carboxylic acid groups (broad SMARTS) is 1. The minimum atomic E-state index is -1.09. The average molecular weight is 385 g/mol. The largest absolute Gasteiger partial charge is 0.476 e. The number of aromatic nitrogens is 4. The lowest BCUT2D eigenvalue weighted by molar-refractivity contribution is 0.0658. The molecule has 9 heteroatoms. The molecule has 1 aliphatic rings. The fourth-order valence-electron chi connectivity index (χ4n) is 3.50. The number of carboxylic acids is 1. The summed E-state index contributed by atoms with van der Waals surface area (Å²) in [5.74, 6) is -0.840. The van der Waals surface area contributed by atoms with Crippen molar-refractivity contribution in [3.05, 3.63) is 40.7 Å². The van der Waals surface area contributed by atoms with Gasteiger partial charge in [0.25, 0.3) is 5.91 Å². The summed E-state index contributed by atoms with van der Waals surface area (Å²) >= 11 is 1.59. The maximum Gasteiger partial charge on any atom is 0.358 e. The van der Waals surface area contributed by atoms with E-state index in [1.165, 1.54) is 6.20 Å². The summed E-state index contributed by atoms with van der Waals surface area (Å²) in [6, 6.07) is 5.66. The summed E-state index contributed by atoms with van der Waals surface area (Å²) < 4.78 is 2.57. The lowest BCUT2D eigenvalue weighted by Crippen LogP contribution is -2.41. The minimum Gasteiger partial charge on any atom is -0.476 e. The van der Waals surface area contributed by atoms with Crippen LogP contribution in [0.5, 0.6) is 0 Å². The predicted octanol–water partition coefficient (Wildman–Crippen LogP) is 2.45. The Kier molecular flexibility index (Phi) is 4.61. The number of piperidine rings is 1. The molecule has 1 aliphatic heterocycles. The number of hydrogen-bond donors (Lipinski definition) is 1. The molecule has 140 valence electrons. The van der Waals surface area contributed by atoms with Crippen LogP contribution in [-0.2, 0) is 6.54 Å². The van der Waals surface area contributed by atoms with Gasteiger partial charge in [-0.3, -0.25) is 9.48 Å². The van der Waals surface area contributed by atoms with Crippen molar-refractivity contribution < 1.29 is 14.7 Å². The first-order chi connectivity index (χ1) is 13.0. The van der Waals surface area contributed by atoms with Gasteiger partial charge in [-0.05, 0) is 43.9 Å². The van der Waals surface area contributed by atoms with E-state index in [-0.39, 0.29) is 17.5 Å². The van der Waals surface area contributed by atoms with Crippen LogP contribution in [0, 0.1) is 12.8 Å². The summed E-state index contributed by atoms with van der Waals surface area (Å²) in [7, 11) is 0. The van der Waals surface area contributed by atoms with E-state index in [1.807, 2.05) is 30.0 Å². The molecule has 1 aromatic carbocycles. The Labute approximate surface area is 159 Å². The molecule has 1 fully saturated rings. The highest BCUT2D eigenvalue weighted by molar-refractivity contribution is 7.18. The minimum absolute atomic E-state index is 0.0254. The molecule has 0 saturated carbocycles. The molecule has 3 heterocycles. The Morgan fingerprint density at radius 1 is 1.37 bits per heavy atom. The van der Waals surface area contributed by atoms with Crippen LogP contribution in [0.3, 0.4) is 0 Å². The Bertz CT molecular complexity index is 1010. The van der Waals surface area contributed by atoms with Gasteiger partial charge in [-0.1, -0.05) is 5.21 Å². The summed E-state index contributed by atoms with van der Waals surface area (Å²) in [4.78, 5) is 30.2. The van der Waals surface area contributed by atoms with E-state index in [9.17, 15) is 9.59 Å². The number of nitrogens with zero attached hydrogens (tertiary/aromatic N) is 5. The van der Waals surface area contributed by atoms with Gasteiger partial charge in [0.2, 0.25) is 0 Å². The molecule has 27 heavy (non-hydrogen) atoms. The quantitative estimate of drug-likeness (QED) is 0.740.